The van der Waals surface area contributed by atoms with Gasteiger partial charge in [-0.2, -0.15) is 0 Å². The molecule has 1 saturated carbocycles. The molecule has 1 fully saturated rings. The Labute approximate surface area is 130 Å². The highest BCUT2D eigenvalue weighted by molar-refractivity contribution is 7.07. The van der Waals surface area contributed by atoms with Crippen LogP contribution in [0.4, 0.5) is 0 Å². The third-order valence-electron chi connectivity index (χ3n) is 4.30. The molecule has 21 heavy (non-hydrogen) atoms. The minimum absolute atomic E-state index is 0.400. The fraction of sp³-hybridized carbons (Fsp3) is 0.471. The lowest BCUT2D eigenvalue weighted by molar-refractivity contribution is 0.137. The van der Waals surface area contributed by atoms with Gasteiger partial charge in [-0.15, -0.1) is 11.3 Å². The summed E-state index contributed by atoms with van der Waals surface area (Å²) in [5, 5.41) is 12.2. The number of rotatable bonds is 5. The minimum atomic E-state index is 0.400. The molecular weight excluding hydrogens is 280 g/mol. The van der Waals surface area contributed by atoms with Crippen LogP contribution in [0.2, 0.25) is 0 Å². The van der Waals surface area contributed by atoms with Crippen molar-refractivity contribution in [3.05, 3.63) is 46.4 Å². The molecule has 1 aliphatic rings. The molecule has 0 atom stereocenters. The summed E-state index contributed by atoms with van der Waals surface area (Å²) in [5.74, 6) is 0.400. The van der Waals surface area contributed by atoms with Gasteiger partial charge < -0.3 is 5.11 Å². The Balaban J connectivity index is 1.76. The van der Waals surface area contributed by atoms with Crippen LogP contribution >= 0.6 is 11.3 Å². The summed E-state index contributed by atoms with van der Waals surface area (Å²) < 4.78 is 0. The van der Waals surface area contributed by atoms with Gasteiger partial charge in [0.1, 0.15) is 5.75 Å². The Kier molecular flexibility index (Phi) is 4.88. The van der Waals surface area contributed by atoms with Crippen molar-refractivity contribution in [3.63, 3.8) is 0 Å². The van der Waals surface area contributed by atoms with Crippen LogP contribution in [-0.4, -0.2) is 21.0 Å². The zero-order valence-electron chi connectivity index (χ0n) is 12.2. The topological polar surface area (TPSA) is 36.4 Å². The lowest BCUT2D eigenvalue weighted by Crippen LogP contribution is -2.36. The lowest BCUT2D eigenvalue weighted by Gasteiger charge is -2.34. The van der Waals surface area contributed by atoms with Crippen molar-refractivity contribution in [2.24, 2.45) is 0 Å². The van der Waals surface area contributed by atoms with E-state index in [1.807, 2.05) is 23.7 Å². The van der Waals surface area contributed by atoms with Gasteiger partial charge in [0.2, 0.25) is 0 Å². The molecule has 0 bridgehead atoms. The molecule has 0 radical (unpaired) electrons. The number of benzene rings is 1. The molecule has 1 N–H and O–H groups in total. The first-order valence-electron chi connectivity index (χ1n) is 7.71. The Bertz CT molecular complexity index is 550. The highest BCUT2D eigenvalue weighted by Crippen LogP contribution is 2.27. The molecule has 2 aromatic rings. The average Bonchev–Trinajstić information content (AvgIpc) is 3.03. The van der Waals surface area contributed by atoms with Crippen LogP contribution in [0.3, 0.4) is 0 Å². The molecule has 0 spiro atoms. The second-order valence-electron chi connectivity index (χ2n) is 5.81. The zero-order chi connectivity index (χ0) is 14.5. The first-order valence-corrected chi connectivity index (χ1v) is 8.65. The number of nitrogens with zero attached hydrogens (tertiary/aromatic N) is 2. The molecule has 0 amide bonds. The number of para-hydroxylation sites is 1. The molecule has 1 aromatic heterocycles. The van der Waals surface area contributed by atoms with Gasteiger partial charge in [-0.05, 0) is 18.9 Å². The fourth-order valence-electron chi connectivity index (χ4n) is 3.15. The summed E-state index contributed by atoms with van der Waals surface area (Å²) in [6.45, 7) is 1.68. The van der Waals surface area contributed by atoms with Crippen molar-refractivity contribution in [1.29, 1.82) is 0 Å². The summed E-state index contributed by atoms with van der Waals surface area (Å²) in [7, 11) is 0. The number of thiazole rings is 1. The van der Waals surface area contributed by atoms with Gasteiger partial charge in [-0.25, -0.2) is 4.98 Å². The second-order valence-corrected chi connectivity index (χ2v) is 6.52. The van der Waals surface area contributed by atoms with Gasteiger partial charge in [0, 0.05) is 30.1 Å². The highest BCUT2D eigenvalue weighted by Gasteiger charge is 2.22. The standard InChI is InChI=1S/C17H22N2OS/c20-17-9-5-4-6-14(17)10-19(11-15-12-21-13-18-15)16-7-2-1-3-8-16/h4-6,9,12-13,16,20H,1-3,7-8,10-11H2. The minimum Gasteiger partial charge on any atom is -0.508 e. The molecule has 4 heteroatoms. The fourth-order valence-corrected chi connectivity index (χ4v) is 3.70. The normalized spacial score (nSPS) is 16.4. The van der Waals surface area contributed by atoms with Crippen molar-refractivity contribution in [3.8, 4) is 5.75 Å². The quantitative estimate of drug-likeness (QED) is 0.900. The van der Waals surface area contributed by atoms with Crippen LogP contribution in [-0.2, 0) is 13.1 Å². The Morgan fingerprint density at radius 1 is 1.14 bits per heavy atom. The molecule has 0 aliphatic heterocycles. The number of hydrogen-bond acceptors (Lipinski definition) is 4. The van der Waals surface area contributed by atoms with E-state index < -0.39 is 0 Å². The SMILES string of the molecule is Oc1ccccc1CN(Cc1cscn1)C1CCCCC1. The molecule has 1 aliphatic carbocycles. The maximum Gasteiger partial charge on any atom is 0.120 e. The van der Waals surface area contributed by atoms with Gasteiger partial charge in [-0.3, -0.25) is 4.90 Å². The molecule has 0 saturated heterocycles. The number of phenolic OH excluding ortho intramolecular Hbond substituents is 1. The molecular formula is C17H22N2OS. The van der Waals surface area contributed by atoms with Gasteiger partial charge in [0.15, 0.2) is 0 Å². The third kappa shape index (κ3) is 3.83. The Hall–Kier alpha value is -1.39. The van der Waals surface area contributed by atoms with E-state index in [1.54, 1.807) is 17.4 Å². The van der Waals surface area contributed by atoms with Crippen LogP contribution in [0.25, 0.3) is 0 Å². The van der Waals surface area contributed by atoms with Crippen LogP contribution in [0.5, 0.6) is 5.75 Å². The van der Waals surface area contributed by atoms with E-state index in [2.05, 4.69) is 15.3 Å². The summed E-state index contributed by atoms with van der Waals surface area (Å²) in [6, 6.07) is 8.28. The van der Waals surface area contributed by atoms with Crippen molar-refractivity contribution < 1.29 is 5.11 Å². The van der Waals surface area contributed by atoms with Crippen molar-refractivity contribution in [2.45, 2.75) is 51.2 Å². The predicted molar refractivity (Wildman–Crippen MR) is 86.3 cm³/mol. The van der Waals surface area contributed by atoms with Crippen LogP contribution in [0.1, 0.15) is 43.4 Å². The van der Waals surface area contributed by atoms with E-state index >= 15 is 0 Å². The lowest BCUT2D eigenvalue weighted by atomic mass is 9.93. The Morgan fingerprint density at radius 3 is 2.67 bits per heavy atom. The monoisotopic (exact) mass is 302 g/mol. The van der Waals surface area contributed by atoms with E-state index in [4.69, 9.17) is 0 Å². The second kappa shape index (κ2) is 7.05. The largest absolute Gasteiger partial charge is 0.508 e. The molecule has 3 nitrogen and oxygen atoms in total. The Morgan fingerprint density at radius 2 is 1.95 bits per heavy atom. The molecule has 1 aromatic carbocycles. The maximum absolute atomic E-state index is 10.0. The number of aromatic nitrogens is 1. The van der Waals surface area contributed by atoms with E-state index in [-0.39, 0.29) is 0 Å². The maximum atomic E-state index is 10.0. The summed E-state index contributed by atoms with van der Waals surface area (Å²) >= 11 is 1.65. The van der Waals surface area contributed by atoms with Gasteiger partial charge in [-0.1, -0.05) is 37.5 Å². The van der Waals surface area contributed by atoms with Gasteiger partial charge >= 0.3 is 0 Å². The van der Waals surface area contributed by atoms with E-state index in [9.17, 15) is 5.11 Å². The average molecular weight is 302 g/mol. The van der Waals surface area contributed by atoms with Crippen molar-refractivity contribution >= 4 is 11.3 Å². The molecule has 112 valence electrons. The first kappa shape index (κ1) is 14.5. The van der Waals surface area contributed by atoms with E-state index in [0.29, 0.717) is 11.8 Å². The van der Waals surface area contributed by atoms with Gasteiger partial charge in [0.05, 0.1) is 11.2 Å². The number of phenols is 1. The van der Waals surface area contributed by atoms with Crippen LogP contribution < -0.4 is 0 Å². The summed E-state index contributed by atoms with van der Waals surface area (Å²) in [6.07, 6.45) is 6.52. The van der Waals surface area contributed by atoms with Gasteiger partial charge in [0.25, 0.3) is 0 Å². The zero-order valence-corrected chi connectivity index (χ0v) is 13.1. The summed E-state index contributed by atoms with van der Waals surface area (Å²) in [4.78, 5) is 6.92. The highest BCUT2D eigenvalue weighted by atomic mass is 32.1. The molecule has 3 rings (SSSR count). The number of aromatic hydroxyl groups is 1. The molecule has 1 heterocycles. The van der Waals surface area contributed by atoms with Crippen LogP contribution in [0.15, 0.2) is 35.2 Å². The summed E-state index contributed by atoms with van der Waals surface area (Å²) in [5.41, 5.74) is 4.05. The third-order valence-corrected chi connectivity index (χ3v) is 4.94. The van der Waals surface area contributed by atoms with Crippen molar-refractivity contribution in [1.82, 2.24) is 9.88 Å². The van der Waals surface area contributed by atoms with Crippen LogP contribution in [0, 0.1) is 0 Å². The first-order chi connectivity index (χ1) is 10.3. The van der Waals surface area contributed by atoms with E-state index in [0.717, 1.165) is 24.3 Å². The number of hydrogen-bond donors (Lipinski definition) is 1. The van der Waals surface area contributed by atoms with E-state index in [1.165, 1.54) is 32.1 Å². The smallest absolute Gasteiger partial charge is 0.120 e. The molecule has 0 unspecified atom stereocenters. The predicted octanol–water partition coefficient (Wildman–Crippen LogP) is 4.18. The van der Waals surface area contributed by atoms with Crippen molar-refractivity contribution in [2.75, 3.05) is 0 Å².